The van der Waals surface area contributed by atoms with Gasteiger partial charge in [0.15, 0.2) is 0 Å². The molecular weight excluding hydrogens is 306 g/mol. The Labute approximate surface area is 122 Å². The minimum absolute atomic E-state index is 0.0352. The van der Waals surface area contributed by atoms with Gasteiger partial charge in [0.05, 0.1) is 4.47 Å². The fourth-order valence-electron chi connectivity index (χ4n) is 2.45. The number of hydrogen-bond acceptors (Lipinski definition) is 4. The average Bonchev–Trinajstić information content (AvgIpc) is 2.46. The Morgan fingerprint density at radius 2 is 1.95 bits per heavy atom. The number of hydrogen-bond donors (Lipinski definition) is 1. The summed E-state index contributed by atoms with van der Waals surface area (Å²) < 4.78 is 0.896. The summed E-state index contributed by atoms with van der Waals surface area (Å²) in [5.41, 5.74) is 0. The van der Waals surface area contributed by atoms with E-state index in [4.69, 9.17) is 5.11 Å². The molecule has 1 saturated carbocycles. The summed E-state index contributed by atoms with van der Waals surface area (Å²) in [6.45, 7) is -0.0352. The quantitative estimate of drug-likeness (QED) is 0.848. The van der Waals surface area contributed by atoms with Crippen molar-refractivity contribution < 1.29 is 5.11 Å². The minimum atomic E-state index is -0.0352. The van der Waals surface area contributed by atoms with E-state index in [2.05, 4.69) is 42.6 Å². The summed E-state index contributed by atoms with van der Waals surface area (Å²) in [6.07, 6.45) is 7.91. The third kappa shape index (κ3) is 3.92. The Bertz CT molecular complexity index is 458. The number of rotatable bonds is 2. The van der Waals surface area contributed by atoms with Crippen molar-refractivity contribution in [2.45, 2.75) is 31.7 Å². The van der Waals surface area contributed by atoms with Crippen molar-refractivity contribution in [3.8, 4) is 11.8 Å². The molecule has 1 aliphatic rings. The molecule has 102 valence electrons. The van der Waals surface area contributed by atoms with E-state index >= 15 is 0 Å². The van der Waals surface area contributed by atoms with Gasteiger partial charge in [-0.15, -0.1) is 0 Å². The van der Waals surface area contributed by atoms with Crippen LogP contribution in [0.5, 0.6) is 0 Å². The van der Waals surface area contributed by atoms with Gasteiger partial charge in [-0.2, -0.15) is 0 Å². The smallest absolute Gasteiger partial charge is 0.225 e. The van der Waals surface area contributed by atoms with E-state index in [1.807, 2.05) is 7.05 Å². The van der Waals surface area contributed by atoms with Crippen LogP contribution in [0.25, 0.3) is 0 Å². The van der Waals surface area contributed by atoms with Crippen molar-refractivity contribution >= 4 is 21.9 Å². The Balaban J connectivity index is 1.92. The molecule has 19 heavy (non-hydrogen) atoms. The number of aliphatic hydroxyl groups is 1. The number of aliphatic hydroxyl groups excluding tert-OH is 1. The lowest BCUT2D eigenvalue weighted by atomic mass is 9.86. The van der Waals surface area contributed by atoms with Crippen LogP contribution in [0, 0.1) is 17.8 Å². The molecule has 0 aliphatic heterocycles. The van der Waals surface area contributed by atoms with E-state index in [1.54, 1.807) is 12.4 Å². The Kier molecular flexibility index (Phi) is 5.17. The van der Waals surface area contributed by atoms with Crippen molar-refractivity contribution in [1.29, 1.82) is 0 Å². The fourth-order valence-corrected chi connectivity index (χ4v) is 2.65. The summed E-state index contributed by atoms with van der Waals surface area (Å²) in [5.74, 6) is 7.09. The number of anilines is 1. The van der Waals surface area contributed by atoms with Crippen LogP contribution in [0.3, 0.4) is 0 Å². The summed E-state index contributed by atoms with van der Waals surface area (Å²) >= 11 is 3.34. The van der Waals surface area contributed by atoms with Gasteiger partial charge in [0.1, 0.15) is 6.61 Å². The molecule has 1 aromatic heterocycles. The molecule has 1 aromatic rings. The SMILES string of the molecule is CN(c1ncc(Br)cn1)C1CCC(C#CCO)CC1. The highest BCUT2D eigenvalue weighted by Gasteiger charge is 2.24. The van der Waals surface area contributed by atoms with Gasteiger partial charge < -0.3 is 10.0 Å². The first-order valence-electron chi connectivity index (χ1n) is 6.50. The Morgan fingerprint density at radius 1 is 1.32 bits per heavy atom. The predicted octanol–water partition coefficient (Wildman–Crippen LogP) is 2.23. The van der Waals surface area contributed by atoms with E-state index in [9.17, 15) is 0 Å². The highest BCUT2D eigenvalue weighted by molar-refractivity contribution is 9.10. The molecule has 1 aliphatic carbocycles. The van der Waals surface area contributed by atoms with E-state index in [0.717, 1.165) is 36.1 Å². The maximum absolute atomic E-state index is 8.71. The fraction of sp³-hybridized carbons (Fsp3) is 0.571. The summed E-state index contributed by atoms with van der Waals surface area (Å²) in [7, 11) is 2.05. The van der Waals surface area contributed by atoms with Gasteiger partial charge in [-0.3, -0.25) is 0 Å². The van der Waals surface area contributed by atoms with Crippen molar-refractivity contribution in [3.05, 3.63) is 16.9 Å². The van der Waals surface area contributed by atoms with Gasteiger partial charge in [-0.1, -0.05) is 11.8 Å². The van der Waals surface area contributed by atoms with Crippen molar-refractivity contribution in [3.63, 3.8) is 0 Å². The van der Waals surface area contributed by atoms with Gasteiger partial charge >= 0.3 is 0 Å². The minimum Gasteiger partial charge on any atom is -0.384 e. The van der Waals surface area contributed by atoms with Crippen LogP contribution in [-0.4, -0.2) is 34.8 Å². The van der Waals surface area contributed by atoms with E-state index in [1.165, 1.54) is 0 Å². The molecule has 0 unspecified atom stereocenters. The normalized spacial score (nSPS) is 22.5. The van der Waals surface area contributed by atoms with Crippen LogP contribution in [-0.2, 0) is 0 Å². The first kappa shape index (κ1) is 14.3. The van der Waals surface area contributed by atoms with Crippen LogP contribution in [0.4, 0.5) is 5.95 Å². The second-order valence-corrected chi connectivity index (χ2v) is 5.71. The molecule has 1 fully saturated rings. The van der Waals surface area contributed by atoms with Crippen molar-refractivity contribution in [2.24, 2.45) is 5.92 Å². The summed E-state index contributed by atoms with van der Waals surface area (Å²) in [5, 5.41) is 8.71. The molecule has 0 aromatic carbocycles. The molecule has 5 heteroatoms. The maximum atomic E-state index is 8.71. The van der Waals surface area contributed by atoms with E-state index in [-0.39, 0.29) is 6.61 Å². The van der Waals surface area contributed by atoms with Gasteiger partial charge in [0, 0.05) is 31.4 Å². The lowest BCUT2D eigenvalue weighted by molar-refractivity contribution is 0.347. The summed E-state index contributed by atoms with van der Waals surface area (Å²) in [4.78, 5) is 10.8. The van der Waals surface area contributed by atoms with Gasteiger partial charge in [0.2, 0.25) is 5.95 Å². The number of nitrogens with zero attached hydrogens (tertiary/aromatic N) is 3. The Morgan fingerprint density at radius 3 is 2.53 bits per heavy atom. The number of aromatic nitrogens is 2. The second kappa shape index (κ2) is 6.88. The zero-order valence-corrected chi connectivity index (χ0v) is 12.6. The molecule has 0 spiro atoms. The first-order valence-corrected chi connectivity index (χ1v) is 7.29. The predicted molar refractivity (Wildman–Crippen MR) is 78.7 cm³/mol. The average molecular weight is 324 g/mol. The van der Waals surface area contributed by atoms with Crippen LogP contribution in [0.15, 0.2) is 16.9 Å². The van der Waals surface area contributed by atoms with Crippen molar-refractivity contribution in [2.75, 3.05) is 18.6 Å². The second-order valence-electron chi connectivity index (χ2n) is 4.80. The highest BCUT2D eigenvalue weighted by atomic mass is 79.9. The zero-order chi connectivity index (χ0) is 13.7. The molecule has 0 bridgehead atoms. The third-order valence-corrected chi connectivity index (χ3v) is 3.96. The number of halogens is 1. The van der Waals surface area contributed by atoms with Crippen molar-refractivity contribution in [1.82, 2.24) is 9.97 Å². The Hall–Kier alpha value is -1.12. The largest absolute Gasteiger partial charge is 0.384 e. The molecule has 0 radical (unpaired) electrons. The topological polar surface area (TPSA) is 49.2 Å². The van der Waals surface area contributed by atoms with Gasteiger partial charge in [-0.25, -0.2) is 9.97 Å². The first-order chi connectivity index (χ1) is 9.20. The molecule has 0 amide bonds. The molecule has 1 N–H and O–H groups in total. The summed E-state index contributed by atoms with van der Waals surface area (Å²) in [6, 6.07) is 0.480. The van der Waals surface area contributed by atoms with Crippen LogP contribution >= 0.6 is 15.9 Å². The lowest BCUT2D eigenvalue weighted by Gasteiger charge is -2.33. The van der Waals surface area contributed by atoms with Crippen LogP contribution < -0.4 is 4.90 Å². The zero-order valence-electron chi connectivity index (χ0n) is 11.0. The molecule has 0 atom stereocenters. The monoisotopic (exact) mass is 323 g/mol. The van der Waals surface area contributed by atoms with E-state index in [0.29, 0.717) is 12.0 Å². The molecule has 2 rings (SSSR count). The van der Waals surface area contributed by atoms with Gasteiger partial charge in [0.25, 0.3) is 0 Å². The molecule has 0 saturated heterocycles. The van der Waals surface area contributed by atoms with Crippen LogP contribution in [0.1, 0.15) is 25.7 Å². The van der Waals surface area contributed by atoms with Gasteiger partial charge in [-0.05, 0) is 41.6 Å². The molecule has 4 nitrogen and oxygen atoms in total. The molecule has 1 heterocycles. The molecular formula is C14H18BrN3O. The van der Waals surface area contributed by atoms with Crippen LogP contribution in [0.2, 0.25) is 0 Å². The third-order valence-electron chi connectivity index (χ3n) is 3.55. The van der Waals surface area contributed by atoms with E-state index < -0.39 is 0 Å². The maximum Gasteiger partial charge on any atom is 0.225 e. The standard InChI is InChI=1S/C14H18BrN3O/c1-18(14-16-9-12(15)10-17-14)13-6-4-11(5-7-13)3-2-8-19/h9-11,13,19H,4-8H2,1H3. The lowest BCUT2D eigenvalue weighted by Crippen LogP contribution is -2.36. The highest BCUT2D eigenvalue weighted by Crippen LogP contribution is 2.28.